The Balaban J connectivity index is 1.79. The Morgan fingerprint density at radius 1 is 1.11 bits per heavy atom. The number of ether oxygens (including phenoxy) is 4. The second-order valence-corrected chi connectivity index (χ2v) is 5.93. The topological polar surface area (TPSA) is 63.0 Å². The predicted molar refractivity (Wildman–Crippen MR) is 62.2 cm³/mol. The third-order valence-electron chi connectivity index (χ3n) is 3.50. The summed E-state index contributed by atoms with van der Waals surface area (Å²) in [5.74, 6) is -1.29. The highest BCUT2D eigenvalue weighted by Gasteiger charge is 2.58. The maximum Gasteiger partial charge on any atom is 0.220 e. The van der Waals surface area contributed by atoms with Crippen molar-refractivity contribution in [2.45, 2.75) is 63.6 Å². The molecule has 4 atom stereocenters. The quantitative estimate of drug-likeness (QED) is 0.509. The molecule has 2 saturated heterocycles. The molecule has 0 aromatic rings. The standard InChI is InChI=1S/C12H19NO5/c1-11(2)15-6-8(17-11)9-10-7(5-13(9)14)16-12(3,4)18-10/h5,7-10H,6H2,1-4H3/t7-,8+,9+,10-/m0/s1. The number of hydroxylamine groups is 1. The molecule has 18 heavy (non-hydrogen) atoms. The van der Waals surface area contributed by atoms with E-state index in [-0.39, 0.29) is 18.3 Å². The van der Waals surface area contributed by atoms with Gasteiger partial charge in [-0.1, -0.05) is 0 Å². The first-order chi connectivity index (χ1) is 8.27. The van der Waals surface area contributed by atoms with Gasteiger partial charge in [-0.05, 0) is 27.7 Å². The van der Waals surface area contributed by atoms with Crippen LogP contribution in [-0.4, -0.2) is 53.5 Å². The van der Waals surface area contributed by atoms with Gasteiger partial charge in [0, 0.05) is 0 Å². The minimum Gasteiger partial charge on any atom is -0.624 e. The molecular formula is C12H19NO5. The number of fused-ring (bicyclic) bond motifs is 1. The van der Waals surface area contributed by atoms with Crippen molar-refractivity contribution < 1.29 is 23.7 Å². The number of nitrogens with zero attached hydrogens (tertiary/aromatic N) is 1. The molecule has 6 heteroatoms. The maximum atomic E-state index is 12.0. The smallest absolute Gasteiger partial charge is 0.220 e. The predicted octanol–water partition coefficient (Wildman–Crippen LogP) is 0.621. The van der Waals surface area contributed by atoms with Gasteiger partial charge in [0.05, 0.1) is 6.61 Å². The summed E-state index contributed by atoms with van der Waals surface area (Å²) in [4.78, 5) is 0. The van der Waals surface area contributed by atoms with Crippen LogP contribution in [0.3, 0.4) is 0 Å². The normalized spacial score (nSPS) is 45.0. The summed E-state index contributed by atoms with van der Waals surface area (Å²) in [5, 5.41) is 12.0. The van der Waals surface area contributed by atoms with Crippen LogP contribution in [0.2, 0.25) is 0 Å². The van der Waals surface area contributed by atoms with Crippen LogP contribution in [0.5, 0.6) is 0 Å². The van der Waals surface area contributed by atoms with Crippen molar-refractivity contribution >= 4 is 6.21 Å². The van der Waals surface area contributed by atoms with E-state index in [9.17, 15) is 5.21 Å². The summed E-state index contributed by atoms with van der Waals surface area (Å²) < 4.78 is 23.6. The summed E-state index contributed by atoms with van der Waals surface area (Å²) in [7, 11) is 0. The second kappa shape index (κ2) is 3.66. The third-order valence-corrected chi connectivity index (χ3v) is 3.50. The molecule has 2 fully saturated rings. The minimum absolute atomic E-state index is 0.291. The van der Waals surface area contributed by atoms with Gasteiger partial charge in [-0.25, -0.2) is 4.74 Å². The fraction of sp³-hybridized carbons (Fsp3) is 0.917. The zero-order valence-corrected chi connectivity index (χ0v) is 11.1. The molecule has 3 aliphatic heterocycles. The molecule has 3 aliphatic rings. The molecule has 0 spiro atoms. The molecule has 0 unspecified atom stereocenters. The number of hydrogen-bond acceptors (Lipinski definition) is 5. The van der Waals surface area contributed by atoms with Crippen LogP contribution in [0.4, 0.5) is 0 Å². The van der Waals surface area contributed by atoms with Crippen LogP contribution in [0.25, 0.3) is 0 Å². The van der Waals surface area contributed by atoms with Gasteiger partial charge >= 0.3 is 0 Å². The van der Waals surface area contributed by atoms with E-state index in [0.717, 1.165) is 4.74 Å². The van der Waals surface area contributed by atoms with Crippen molar-refractivity contribution in [1.82, 2.24) is 0 Å². The monoisotopic (exact) mass is 257 g/mol. The fourth-order valence-electron chi connectivity index (χ4n) is 2.84. The highest BCUT2D eigenvalue weighted by Crippen LogP contribution is 2.37. The van der Waals surface area contributed by atoms with Crippen LogP contribution >= 0.6 is 0 Å². The first-order valence-corrected chi connectivity index (χ1v) is 6.25. The molecule has 6 nitrogen and oxygen atoms in total. The molecule has 3 rings (SSSR count). The van der Waals surface area contributed by atoms with Crippen molar-refractivity contribution in [3.8, 4) is 0 Å². The van der Waals surface area contributed by atoms with Gasteiger partial charge in [0.1, 0.15) is 6.10 Å². The molecule has 0 aromatic heterocycles. The summed E-state index contributed by atoms with van der Waals surface area (Å²) >= 11 is 0. The Morgan fingerprint density at radius 3 is 2.44 bits per heavy atom. The maximum absolute atomic E-state index is 12.0. The van der Waals surface area contributed by atoms with E-state index in [2.05, 4.69) is 0 Å². The number of hydrogen-bond donors (Lipinski definition) is 0. The van der Waals surface area contributed by atoms with Gasteiger partial charge < -0.3 is 24.2 Å². The fourth-order valence-corrected chi connectivity index (χ4v) is 2.84. The van der Waals surface area contributed by atoms with Crippen molar-refractivity contribution in [3.63, 3.8) is 0 Å². The lowest BCUT2D eigenvalue weighted by atomic mass is 10.1. The third kappa shape index (κ3) is 1.93. The van der Waals surface area contributed by atoms with E-state index in [0.29, 0.717) is 6.61 Å². The summed E-state index contributed by atoms with van der Waals surface area (Å²) in [5.41, 5.74) is 0. The lowest BCUT2D eigenvalue weighted by molar-refractivity contribution is -0.514. The first kappa shape index (κ1) is 12.3. The second-order valence-electron chi connectivity index (χ2n) is 5.93. The highest BCUT2D eigenvalue weighted by atomic mass is 16.8. The Labute approximate surface area is 106 Å². The zero-order chi connectivity index (χ0) is 13.1. The van der Waals surface area contributed by atoms with E-state index in [1.54, 1.807) is 0 Å². The highest BCUT2D eigenvalue weighted by molar-refractivity contribution is 5.62. The molecule has 0 aliphatic carbocycles. The SMILES string of the molecule is CC1(C)O[C@@H]2[C@@H]([C@H]3COC(C)(C)O3)[N+]([O-])=C[C@@H]2O1. The van der Waals surface area contributed by atoms with Gasteiger partial charge in [-0.15, -0.1) is 0 Å². The Kier molecular flexibility index (Phi) is 2.51. The van der Waals surface area contributed by atoms with Crippen LogP contribution in [0.1, 0.15) is 27.7 Å². The van der Waals surface area contributed by atoms with Gasteiger partial charge in [0.2, 0.25) is 6.04 Å². The van der Waals surface area contributed by atoms with Crippen LogP contribution in [0.15, 0.2) is 0 Å². The van der Waals surface area contributed by atoms with E-state index in [1.807, 2.05) is 27.7 Å². The largest absolute Gasteiger partial charge is 0.624 e. The zero-order valence-electron chi connectivity index (χ0n) is 11.1. The Morgan fingerprint density at radius 2 is 1.83 bits per heavy atom. The van der Waals surface area contributed by atoms with Crippen LogP contribution in [-0.2, 0) is 18.9 Å². The molecular weight excluding hydrogens is 238 g/mol. The van der Waals surface area contributed by atoms with Gasteiger partial charge in [0.15, 0.2) is 30.0 Å². The summed E-state index contributed by atoms with van der Waals surface area (Å²) in [6.45, 7) is 7.78. The molecule has 0 amide bonds. The van der Waals surface area contributed by atoms with E-state index in [4.69, 9.17) is 18.9 Å². The molecule has 0 N–H and O–H groups in total. The van der Waals surface area contributed by atoms with Gasteiger partial charge in [-0.2, -0.15) is 0 Å². The van der Waals surface area contributed by atoms with Crippen molar-refractivity contribution in [2.24, 2.45) is 0 Å². The average Bonchev–Trinajstić information content (AvgIpc) is 2.75. The van der Waals surface area contributed by atoms with Gasteiger partial charge in [0.25, 0.3) is 0 Å². The van der Waals surface area contributed by atoms with E-state index < -0.39 is 17.6 Å². The van der Waals surface area contributed by atoms with E-state index in [1.165, 1.54) is 6.21 Å². The van der Waals surface area contributed by atoms with Crippen LogP contribution in [0, 0.1) is 5.21 Å². The minimum atomic E-state index is -0.652. The van der Waals surface area contributed by atoms with Crippen molar-refractivity contribution in [2.75, 3.05) is 6.61 Å². The number of rotatable bonds is 1. The first-order valence-electron chi connectivity index (χ1n) is 6.25. The molecule has 0 radical (unpaired) electrons. The molecule has 0 saturated carbocycles. The lowest BCUT2D eigenvalue weighted by Gasteiger charge is -2.25. The van der Waals surface area contributed by atoms with Crippen LogP contribution < -0.4 is 0 Å². The average molecular weight is 257 g/mol. The molecule has 0 bridgehead atoms. The van der Waals surface area contributed by atoms with Crippen molar-refractivity contribution in [1.29, 1.82) is 0 Å². The summed E-state index contributed by atoms with van der Waals surface area (Å²) in [6.07, 6.45) is 0.648. The molecule has 102 valence electrons. The van der Waals surface area contributed by atoms with Gasteiger partial charge in [-0.3, -0.25) is 0 Å². The lowest BCUT2D eigenvalue weighted by Crippen LogP contribution is -2.45. The van der Waals surface area contributed by atoms with E-state index >= 15 is 0 Å². The van der Waals surface area contributed by atoms with Crippen molar-refractivity contribution in [3.05, 3.63) is 5.21 Å². The Hall–Kier alpha value is -0.690. The Bertz CT molecular complexity index is 392. The summed E-state index contributed by atoms with van der Waals surface area (Å²) in [6, 6.07) is -0.404. The molecule has 0 aromatic carbocycles. The molecule has 3 heterocycles.